The summed E-state index contributed by atoms with van der Waals surface area (Å²) in [7, 11) is 0. The second-order valence-electron chi connectivity index (χ2n) is 31.0. The molecule has 0 aliphatic carbocycles. The molecule has 16 aromatic carbocycles. The molecular weight excluding hydrogens is 1670 g/mol. The minimum atomic E-state index is -5.16. The molecule has 0 spiro atoms. The summed E-state index contributed by atoms with van der Waals surface area (Å²) < 4.78 is 222. The number of alkyl halides is 15. The van der Waals surface area contributed by atoms with Crippen LogP contribution in [-0.2, 0) is 30.9 Å². The van der Waals surface area contributed by atoms with Crippen molar-refractivity contribution in [2.75, 3.05) is 0 Å². The molecule has 626 valence electrons. The van der Waals surface area contributed by atoms with E-state index in [4.69, 9.17) is 13.1 Å². The van der Waals surface area contributed by atoms with Crippen LogP contribution in [0.3, 0.4) is 0 Å². The van der Waals surface area contributed by atoms with Crippen molar-refractivity contribution in [2.45, 2.75) is 37.8 Å². The zero-order valence-corrected chi connectivity index (χ0v) is 66.9. The first-order valence-electron chi connectivity index (χ1n) is 40.0. The molecule has 0 amide bonds. The van der Waals surface area contributed by atoms with E-state index in [1.54, 1.807) is 53.1 Å². The highest BCUT2D eigenvalue weighted by Crippen LogP contribution is 2.52. The van der Waals surface area contributed by atoms with E-state index < -0.39 is 75.4 Å². The monoisotopic (exact) mass is 1730 g/mol. The average Bonchev–Trinajstić information content (AvgIpc) is 1.59. The van der Waals surface area contributed by atoms with E-state index in [9.17, 15) is 63.2 Å². The Hall–Kier alpha value is -16.4. The molecule has 0 aliphatic heterocycles. The van der Waals surface area contributed by atoms with Gasteiger partial charge in [0.2, 0.25) is 0 Å². The van der Waals surface area contributed by atoms with Crippen LogP contribution in [0.15, 0.2) is 328 Å². The van der Waals surface area contributed by atoms with Crippen molar-refractivity contribution in [3.8, 4) is 102 Å². The molecule has 0 bridgehead atoms. The van der Waals surface area contributed by atoms with Gasteiger partial charge in [-0.25, -0.2) is 9.69 Å². The van der Waals surface area contributed by atoms with Gasteiger partial charge in [0.05, 0.1) is 131 Å². The van der Waals surface area contributed by atoms with Crippen molar-refractivity contribution in [3.05, 3.63) is 395 Å². The van der Waals surface area contributed by atoms with Crippen molar-refractivity contribution in [2.24, 2.45) is 0 Å². The second-order valence-corrected chi connectivity index (χ2v) is 31.0. The lowest BCUT2D eigenvalue weighted by Crippen LogP contribution is -2.11. The Morgan fingerprint density at radius 2 is 0.628 bits per heavy atom. The summed E-state index contributed by atoms with van der Waals surface area (Å²) in [5.74, 6) is 0. The topological polar surface area (TPSA) is 76.0 Å². The molecule has 0 radical (unpaired) electrons. The van der Waals surface area contributed by atoms with Gasteiger partial charge in [-0.1, -0.05) is 164 Å². The fraction of sp³-hybridized carbons (Fsp3) is 0.0566. The van der Waals surface area contributed by atoms with Gasteiger partial charge in [0.1, 0.15) is 0 Å². The summed E-state index contributed by atoms with van der Waals surface area (Å²) in [4.78, 5) is 7.74. The van der Waals surface area contributed by atoms with Gasteiger partial charge >= 0.3 is 30.9 Å². The molecule has 20 aromatic rings. The molecule has 0 fully saturated rings. The van der Waals surface area contributed by atoms with E-state index in [2.05, 4.69) is 141 Å². The van der Waals surface area contributed by atoms with Gasteiger partial charge in [0.25, 0.3) is 0 Å². The fourth-order valence-corrected chi connectivity index (χ4v) is 17.9. The number of benzene rings is 16. The van der Waals surface area contributed by atoms with Gasteiger partial charge in [-0.05, 0) is 226 Å². The van der Waals surface area contributed by atoms with Crippen LogP contribution in [-0.4, -0.2) is 18.3 Å². The predicted octanol–water partition coefficient (Wildman–Crippen LogP) is 32.0. The Labute approximate surface area is 723 Å². The number of hydrogen-bond donors (Lipinski definition) is 0. The maximum absolute atomic E-state index is 15.6. The molecule has 0 atom stereocenters. The third-order valence-corrected chi connectivity index (χ3v) is 23.6. The fourth-order valence-electron chi connectivity index (χ4n) is 17.9. The first-order valence-corrected chi connectivity index (χ1v) is 40.0. The highest BCUT2D eigenvalue weighted by atomic mass is 19.4. The minimum Gasteiger partial charge on any atom is -0.309 e. The van der Waals surface area contributed by atoms with E-state index in [-0.39, 0.29) is 73.1 Å². The number of aryl methyl sites for hydroxylation is 1. The largest absolute Gasteiger partial charge is 0.417 e. The van der Waals surface area contributed by atoms with Crippen LogP contribution in [0, 0.1) is 42.7 Å². The summed E-state index contributed by atoms with van der Waals surface area (Å²) in [6, 6.07) is 92.5. The lowest BCUT2D eigenvalue weighted by molar-refractivity contribution is -0.144. The quantitative estimate of drug-likeness (QED) is 0.101. The predicted molar refractivity (Wildman–Crippen MR) is 475 cm³/mol. The van der Waals surface area contributed by atoms with Crippen molar-refractivity contribution in [1.29, 1.82) is 10.5 Å². The Morgan fingerprint density at radius 1 is 0.264 bits per heavy atom. The Balaban J connectivity index is 0.000000172. The Morgan fingerprint density at radius 3 is 1.05 bits per heavy atom. The van der Waals surface area contributed by atoms with Crippen molar-refractivity contribution < 1.29 is 65.9 Å². The molecule has 4 heterocycles. The average molecular weight is 1730 g/mol. The summed E-state index contributed by atoms with van der Waals surface area (Å²) >= 11 is 0. The number of nitriles is 2. The number of fused-ring (bicyclic) bond motifs is 12. The number of halogens is 15. The van der Waals surface area contributed by atoms with Crippen LogP contribution in [0.5, 0.6) is 0 Å². The van der Waals surface area contributed by atoms with Gasteiger partial charge < -0.3 is 18.3 Å². The zero-order chi connectivity index (χ0) is 90.1. The Kier molecular flexibility index (Phi) is 19.8. The highest BCUT2D eigenvalue weighted by molar-refractivity contribution is 6.16. The molecule has 129 heavy (non-hydrogen) atoms. The lowest BCUT2D eigenvalue weighted by atomic mass is 9.93. The van der Waals surface area contributed by atoms with E-state index in [0.29, 0.717) is 57.5 Å². The van der Waals surface area contributed by atoms with Crippen molar-refractivity contribution >= 4 is 98.6 Å². The van der Waals surface area contributed by atoms with Gasteiger partial charge in [-0.2, -0.15) is 76.4 Å². The summed E-state index contributed by atoms with van der Waals surface area (Å²) in [6.45, 7) is 18.1. The summed E-state index contributed by atoms with van der Waals surface area (Å²) in [5.41, 5.74) is 6.79. The highest BCUT2D eigenvalue weighted by Gasteiger charge is 2.41. The first-order chi connectivity index (χ1) is 61.9. The van der Waals surface area contributed by atoms with Gasteiger partial charge in [0.15, 0.2) is 11.4 Å². The molecule has 8 nitrogen and oxygen atoms in total. The third kappa shape index (κ3) is 14.4. The lowest BCUT2D eigenvalue weighted by Gasteiger charge is -2.22. The van der Waals surface area contributed by atoms with Gasteiger partial charge in [-0.3, -0.25) is 0 Å². The minimum absolute atomic E-state index is 0.000730. The number of rotatable bonds is 10. The maximum atomic E-state index is 15.6. The van der Waals surface area contributed by atoms with Crippen LogP contribution >= 0.6 is 0 Å². The summed E-state index contributed by atoms with van der Waals surface area (Å²) in [5, 5.41) is 25.8. The van der Waals surface area contributed by atoms with E-state index in [1.165, 1.54) is 65.2 Å². The van der Waals surface area contributed by atoms with E-state index in [1.807, 2.05) is 66.7 Å². The molecule has 0 N–H and O–H groups in total. The number of hydrogen-bond acceptors (Lipinski definition) is 2. The summed E-state index contributed by atoms with van der Waals surface area (Å²) in [6.07, 6.45) is -25.7. The Bertz CT molecular complexity index is 8200. The standard InChI is InChI=1S/C54H26F15N3.C52H31N5/c55-50(56,57)33-19-31(20-34(25-33)51(58,59)60)29-13-16-45-39(23-29)37-6-1-3-9-43(37)71(45)47-15-12-28(27-70)18-41(47)49-42(54(67,68)69)8-5-11-48(49)72-44-10-4-2-7-38(44)40-24-30(14-17-46(40)72)32-21-35(52(61,62)63)26-36(22-32)53(64,65)66;1-33-13-12-22-51(57-47-21-11-8-18-41(47)42-29-34(23-26-49(42)57)38-15-5-4-14-36(38)32-53)52(33)44-31-37(54-2)25-28-50(44)56-46-20-10-7-17-40(46)43-30-35(24-27-48(43)56)39-16-6-9-19-45(39)55-3/h1-26H;4-31H,1H3. The van der Waals surface area contributed by atoms with Crippen LogP contribution in [0.1, 0.15) is 44.5 Å². The van der Waals surface area contributed by atoms with E-state index >= 15 is 13.2 Å². The number of para-hydroxylation sites is 5. The maximum Gasteiger partial charge on any atom is 0.417 e. The second kappa shape index (κ2) is 31.1. The normalized spacial score (nSPS) is 12.2. The van der Waals surface area contributed by atoms with E-state index in [0.717, 1.165) is 106 Å². The molecule has 23 heteroatoms. The molecular formula is C106H57F15N8. The zero-order valence-electron chi connectivity index (χ0n) is 66.9. The van der Waals surface area contributed by atoms with Crippen molar-refractivity contribution in [1.82, 2.24) is 18.3 Å². The molecule has 20 rings (SSSR count). The van der Waals surface area contributed by atoms with Crippen LogP contribution in [0.25, 0.3) is 186 Å². The number of nitrogens with zero attached hydrogens (tertiary/aromatic N) is 8. The molecule has 0 aliphatic rings. The first kappa shape index (κ1) is 82.2. The van der Waals surface area contributed by atoms with Gasteiger partial charge in [0, 0.05) is 59.8 Å². The SMILES string of the molecule is N#Cc1ccc(-n2c3ccccc3c3cc(-c4cc(C(F)(F)F)cc(C(F)(F)F)c4)ccc32)c(-c2c(-n3c4ccccc4c4cc(-c5cc(C(F)(F)F)cc(C(F)(F)F)c5)ccc43)cccc2C(F)(F)F)c1.[C-]#[N+]c1ccc(-n2c3ccccc3c3cc(-c4ccccc4[N+]#[C-])ccc32)c(-c2c(C)cccc2-n2c3ccccc3c3cc(-c4ccccc4C#N)ccc32)c1. The third-order valence-electron chi connectivity index (χ3n) is 23.6. The number of aromatic nitrogens is 4. The molecule has 0 unspecified atom stereocenters. The van der Waals surface area contributed by atoms with Crippen molar-refractivity contribution in [3.63, 3.8) is 0 Å². The van der Waals surface area contributed by atoms with Crippen LogP contribution < -0.4 is 0 Å². The van der Waals surface area contributed by atoms with Crippen LogP contribution in [0.2, 0.25) is 0 Å². The molecule has 4 aromatic heterocycles. The molecule has 0 saturated carbocycles. The molecule has 0 saturated heterocycles. The smallest absolute Gasteiger partial charge is 0.309 e. The van der Waals surface area contributed by atoms with Gasteiger partial charge in [-0.15, -0.1) is 0 Å². The van der Waals surface area contributed by atoms with Crippen LogP contribution in [0.4, 0.5) is 77.2 Å².